The number of nitrogens with two attached hydrogens (primary N) is 1. The molecule has 1 rings (SSSR count). The lowest BCUT2D eigenvalue weighted by Gasteiger charge is -2.12. The Morgan fingerprint density at radius 2 is 1.95 bits per heavy atom. The van der Waals surface area contributed by atoms with Crippen molar-refractivity contribution >= 4 is 11.9 Å². The van der Waals surface area contributed by atoms with Crippen molar-refractivity contribution in [2.24, 2.45) is 5.73 Å². The normalized spacial score (nSPS) is 11.7. The van der Waals surface area contributed by atoms with E-state index in [1.165, 1.54) is 7.11 Å². The van der Waals surface area contributed by atoms with E-state index in [-0.39, 0.29) is 18.3 Å². The Labute approximate surface area is 113 Å². The molecule has 0 aliphatic heterocycles. The lowest BCUT2D eigenvalue weighted by Crippen LogP contribution is -2.34. The van der Waals surface area contributed by atoms with Gasteiger partial charge in [-0.3, -0.25) is 9.59 Å². The number of hydrogen-bond acceptors (Lipinski definition) is 4. The maximum Gasteiger partial charge on any atom is 0.305 e. The van der Waals surface area contributed by atoms with Gasteiger partial charge in [0, 0.05) is 13.0 Å². The molecule has 0 saturated carbocycles. The second-order valence-electron chi connectivity index (χ2n) is 4.36. The van der Waals surface area contributed by atoms with Crippen LogP contribution in [0.2, 0.25) is 0 Å². The zero-order valence-electron chi connectivity index (χ0n) is 11.3. The van der Waals surface area contributed by atoms with Crippen molar-refractivity contribution in [1.29, 1.82) is 0 Å². The Morgan fingerprint density at radius 3 is 2.53 bits per heavy atom. The summed E-state index contributed by atoms with van der Waals surface area (Å²) in [7, 11) is 1.34. The summed E-state index contributed by atoms with van der Waals surface area (Å²) in [5.74, 6) is -0.522. The summed E-state index contributed by atoms with van der Waals surface area (Å²) in [5, 5.41) is 2.70. The zero-order valence-corrected chi connectivity index (χ0v) is 11.3. The van der Waals surface area contributed by atoms with E-state index in [2.05, 4.69) is 10.1 Å². The van der Waals surface area contributed by atoms with Crippen LogP contribution in [0.3, 0.4) is 0 Å². The minimum absolute atomic E-state index is 0.242. The molecule has 1 aromatic carbocycles. The molecule has 0 aromatic heterocycles. The van der Waals surface area contributed by atoms with E-state index >= 15 is 0 Å². The molecule has 1 aromatic rings. The maximum absolute atomic E-state index is 11.8. The third-order valence-corrected chi connectivity index (χ3v) is 2.80. The summed E-state index contributed by atoms with van der Waals surface area (Å²) in [6.07, 6.45) is 0.829. The smallest absolute Gasteiger partial charge is 0.305 e. The van der Waals surface area contributed by atoms with Crippen molar-refractivity contribution in [3.63, 3.8) is 0 Å². The van der Waals surface area contributed by atoms with E-state index in [0.717, 1.165) is 11.1 Å². The van der Waals surface area contributed by atoms with Crippen LogP contribution in [-0.4, -0.2) is 25.5 Å². The number of ether oxygens (including phenoxy) is 1. The number of carbonyl (C=O) groups is 2. The second-order valence-corrected chi connectivity index (χ2v) is 4.36. The Balaban J connectivity index is 2.36. The molecule has 0 spiro atoms. The zero-order chi connectivity index (χ0) is 14.3. The Bertz CT molecular complexity index is 429. The molecule has 0 fully saturated rings. The molecule has 0 aliphatic rings. The summed E-state index contributed by atoms with van der Waals surface area (Å²) in [5.41, 5.74) is 7.75. The Hall–Kier alpha value is -1.88. The van der Waals surface area contributed by atoms with Crippen molar-refractivity contribution in [3.05, 3.63) is 35.4 Å². The maximum atomic E-state index is 11.8. The molecule has 1 atom stereocenters. The number of methoxy groups -OCH3 is 1. The van der Waals surface area contributed by atoms with Crippen LogP contribution < -0.4 is 11.1 Å². The molecule has 3 N–H and O–H groups in total. The predicted molar refractivity (Wildman–Crippen MR) is 72.4 cm³/mol. The standard InChI is InChI=1S/C14H20N2O3/c1-10-5-7-11(8-6-10)13(15)14(18)16-9-3-4-12(17)19-2/h5-8,13H,3-4,9,15H2,1-2H3,(H,16,18). The fraction of sp³-hybridized carbons (Fsp3) is 0.429. The number of nitrogens with one attached hydrogen (secondary N) is 1. The number of benzene rings is 1. The third kappa shape index (κ3) is 5.09. The monoisotopic (exact) mass is 264 g/mol. The van der Waals surface area contributed by atoms with Crippen LogP contribution >= 0.6 is 0 Å². The van der Waals surface area contributed by atoms with Gasteiger partial charge in [0.25, 0.3) is 0 Å². The van der Waals surface area contributed by atoms with Crippen molar-refractivity contribution < 1.29 is 14.3 Å². The van der Waals surface area contributed by atoms with Crippen LogP contribution in [0.5, 0.6) is 0 Å². The highest BCUT2D eigenvalue weighted by Gasteiger charge is 2.14. The van der Waals surface area contributed by atoms with Crippen molar-refractivity contribution in [1.82, 2.24) is 5.32 Å². The minimum atomic E-state index is -0.682. The largest absolute Gasteiger partial charge is 0.469 e. The first-order valence-electron chi connectivity index (χ1n) is 6.21. The van der Waals surface area contributed by atoms with Gasteiger partial charge in [0.2, 0.25) is 5.91 Å². The molecule has 0 aliphatic carbocycles. The molecule has 0 heterocycles. The highest BCUT2D eigenvalue weighted by atomic mass is 16.5. The molecule has 1 amide bonds. The molecule has 5 nitrogen and oxygen atoms in total. The molecular formula is C14H20N2O3. The summed E-state index contributed by atoms with van der Waals surface area (Å²) < 4.78 is 4.51. The lowest BCUT2D eigenvalue weighted by molar-refractivity contribution is -0.140. The molecule has 5 heteroatoms. The molecule has 0 bridgehead atoms. The minimum Gasteiger partial charge on any atom is -0.469 e. The van der Waals surface area contributed by atoms with Gasteiger partial charge in [-0.05, 0) is 18.9 Å². The summed E-state index contributed by atoms with van der Waals surface area (Å²) in [6.45, 7) is 2.38. The Kier molecular flexibility index (Phi) is 6.02. The van der Waals surface area contributed by atoms with Gasteiger partial charge in [-0.2, -0.15) is 0 Å². The summed E-state index contributed by atoms with van der Waals surface area (Å²) in [4.78, 5) is 22.7. The van der Waals surface area contributed by atoms with E-state index in [4.69, 9.17) is 5.73 Å². The van der Waals surface area contributed by atoms with Crippen molar-refractivity contribution in [2.75, 3.05) is 13.7 Å². The topological polar surface area (TPSA) is 81.4 Å². The van der Waals surface area contributed by atoms with Crippen LogP contribution in [0.25, 0.3) is 0 Å². The predicted octanol–water partition coefficient (Wildman–Crippen LogP) is 1.06. The fourth-order valence-corrected chi connectivity index (χ4v) is 1.58. The van der Waals surface area contributed by atoms with Gasteiger partial charge in [0.15, 0.2) is 0 Å². The van der Waals surface area contributed by atoms with Crippen molar-refractivity contribution in [3.8, 4) is 0 Å². The van der Waals surface area contributed by atoms with Gasteiger partial charge in [0.1, 0.15) is 6.04 Å². The van der Waals surface area contributed by atoms with E-state index < -0.39 is 6.04 Å². The quantitative estimate of drug-likeness (QED) is 0.594. The molecule has 19 heavy (non-hydrogen) atoms. The molecule has 1 unspecified atom stereocenters. The second kappa shape index (κ2) is 7.53. The molecule has 0 saturated heterocycles. The van der Waals surface area contributed by atoms with Gasteiger partial charge in [0.05, 0.1) is 7.11 Å². The average molecular weight is 264 g/mol. The number of aryl methyl sites for hydroxylation is 1. The SMILES string of the molecule is COC(=O)CCCNC(=O)C(N)c1ccc(C)cc1. The fourth-order valence-electron chi connectivity index (χ4n) is 1.58. The van der Waals surface area contributed by atoms with Gasteiger partial charge in [-0.1, -0.05) is 29.8 Å². The van der Waals surface area contributed by atoms with E-state index in [1.54, 1.807) is 0 Å². The van der Waals surface area contributed by atoms with Crippen LogP contribution in [0.15, 0.2) is 24.3 Å². The first-order valence-corrected chi connectivity index (χ1v) is 6.21. The number of carbonyl (C=O) groups excluding carboxylic acids is 2. The van der Waals surface area contributed by atoms with Crippen LogP contribution in [0, 0.1) is 6.92 Å². The average Bonchev–Trinajstić information content (AvgIpc) is 2.43. The molecule has 0 radical (unpaired) electrons. The summed E-state index contributed by atoms with van der Waals surface area (Å²) in [6, 6.07) is 6.83. The highest BCUT2D eigenvalue weighted by Crippen LogP contribution is 2.11. The number of amides is 1. The number of hydrogen-bond donors (Lipinski definition) is 2. The van der Waals surface area contributed by atoms with E-state index in [9.17, 15) is 9.59 Å². The van der Waals surface area contributed by atoms with Gasteiger partial charge < -0.3 is 15.8 Å². The van der Waals surface area contributed by atoms with Gasteiger partial charge in [-0.25, -0.2) is 0 Å². The number of rotatable bonds is 6. The van der Waals surface area contributed by atoms with Crippen molar-refractivity contribution in [2.45, 2.75) is 25.8 Å². The molecular weight excluding hydrogens is 244 g/mol. The summed E-state index contributed by atoms with van der Waals surface area (Å²) >= 11 is 0. The van der Waals surface area contributed by atoms with Gasteiger partial charge in [-0.15, -0.1) is 0 Å². The van der Waals surface area contributed by atoms with Crippen LogP contribution in [-0.2, 0) is 14.3 Å². The first-order chi connectivity index (χ1) is 9.04. The van der Waals surface area contributed by atoms with Crippen LogP contribution in [0.1, 0.15) is 30.0 Å². The lowest BCUT2D eigenvalue weighted by atomic mass is 10.1. The first kappa shape index (κ1) is 15.2. The van der Waals surface area contributed by atoms with Crippen LogP contribution in [0.4, 0.5) is 0 Å². The molecule has 104 valence electrons. The number of esters is 1. The highest BCUT2D eigenvalue weighted by molar-refractivity contribution is 5.82. The van der Waals surface area contributed by atoms with Gasteiger partial charge >= 0.3 is 5.97 Å². The van der Waals surface area contributed by atoms with E-state index in [0.29, 0.717) is 13.0 Å². The van der Waals surface area contributed by atoms with E-state index in [1.807, 2.05) is 31.2 Å². The Morgan fingerprint density at radius 1 is 1.32 bits per heavy atom. The third-order valence-electron chi connectivity index (χ3n) is 2.80.